The van der Waals surface area contributed by atoms with E-state index in [-0.39, 0.29) is 0 Å². The van der Waals surface area contributed by atoms with Crippen molar-refractivity contribution >= 4 is 5.69 Å². The summed E-state index contributed by atoms with van der Waals surface area (Å²) >= 11 is 0. The molecular weight excluding hydrogens is 246 g/mol. The van der Waals surface area contributed by atoms with Crippen molar-refractivity contribution in [2.75, 3.05) is 11.9 Å². The molecule has 0 fully saturated rings. The average molecular weight is 269 g/mol. The second-order valence-corrected chi connectivity index (χ2v) is 6.15. The van der Waals surface area contributed by atoms with Crippen molar-refractivity contribution in [2.45, 2.75) is 27.2 Å². The molecule has 0 bridgehead atoms. The zero-order valence-electron chi connectivity index (χ0n) is 12.5. The molecule has 106 valence electrons. The molecule has 20 heavy (non-hydrogen) atoms. The van der Waals surface area contributed by atoms with Crippen molar-refractivity contribution in [2.24, 2.45) is 5.41 Å². The molecular formula is C18H23NO. The number of ether oxygens (including phenoxy) is 1. The van der Waals surface area contributed by atoms with E-state index in [1.165, 1.54) is 0 Å². The Kier molecular flexibility index (Phi) is 4.67. The van der Waals surface area contributed by atoms with E-state index in [4.69, 9.17) is 4.74 Å². The van der Waals surface area contributed by atoms with Crippen LogP contribution in [0.2, 0.25) is 0 Å². The van der Waals surface area contributed by atoms with Crippen molar-refractivity contribution in [3.8, 4) is 11.5 Å². The molecule has 0 saturated heterocycles. The van der Waals surface area contributed by atoms with Crippen LogP contribution in [0, 0.1) is 5.41 Å². The molecule has 1 N–H and O–H groups in total. The summed E-state index contributed by atoms with van der Waals surface area (Å²) in [5, 5.41) is 3.47. The maximum Gasteiger partial charge on any atom is 0.150 e. The Hall–Kier alpha value is -1.96. The molecule has 0 aliphatic rings. The van der Waals surface area contributed by atoms with Crippen LogP contribution < -0.4 is 10.1 Å². The van der Waals surface area contributed by atoms with Crippen LogP contribution in [0.4, 0.5) is 5.69 Å². The lowest BCUT2D eigenvalue weighted by molar-refractivity contribution is 0.389. The van der Waals surface area contributed by atoms with Crippen LogP contribution >= 0.6 is 0 Å². The fourth-order valence-electron chi connectivity index (χ4n) is 1.89. The van der Waals surface area contributed by atoms with Gasteiger partial charge in [-0.3, -0.25) is 0 Å². The second-order valence-electron chi connectivity index (χ2n) is 6.15. The van der Waals surface area contributed by atoms with Crippen LogP contribution in [-0.2, 0) is 0 Å². The van der Waals surface area contributed by atoms with Gasteiger partial charge in [-0.1, -0.05) is 51.1 Å². The van der Waals surface area contributed by atoms with Crippen molar-refractivity contribution in [1.29, 1.82) is 0 Å². The maximum absolute atomic E-state index is 5.93. The van der Waals surface area contributed by atoms with E-state index >= 15 is 0 Å². The predicted octanol–water partition coefficient (Wildman–Crippen LogP) is 5.33. The van der Waals surface area contributed by atoms with Gasteiger partial charge in [0.2, 0.25) is 0 Å². The molecule has 2 nitrogen and oxygen atoms in total. The van der Waals surface area contributed by atoms with E-state index in [2.05, 4.69) is 32.2 Å². The van der Waals surface area contributed by atoms with E-state index in [9.17, 15) is 0 Å². The van der Waals surface area contributed by atoms with Gasteiger partial charge in [0.1, 0.15) is 5.75 Å². The number of anilines is 1. The van der Waals surface area contributed by atoms with Crippen LogP contribution in [0.25, 0.3) is 0 Å². The summed E-state index contributed by atoms with van der Waals surface area (Å²) in [6.45, 7) is 7.70. The largest absolute Gasteiger partial charge is 0.455 e. The minimum atomic E-state index is 0.336. The number of hydrogen-bond donors (Lipinski definition) is 1. The summed E-state index contributed by atoms with van der Waals surface area (Å²) in [5.41, 5.74) is 1.38. The highest BCUT2D eigenvalue weighted by atomic mass is 16.5. The van der Waals surface area contributed by atoms with Gasteiger partial charge in [-0.2, -0.15) is 0 Å². The van der Waals surface area contributed by atoms with Crippen LogP contribution in [0.1, 0.15) is 27.2 Å². The molecule has 0 aliphatic carbocycles. The third-order valence-electron chi connectivity index (χ3n) is 3.05. The average Bonchev–Trinajstić information content (AvgIpc) is 2.40. The van der Waals surface area contributed by atoms with E-state index < -0.39 is 0 Å². The molecule has 2 rings (SSSR count). The molecule has 0 heterocycles. The summed E-state index contributed by atoms with van der Waals surface area (Å²) in [4.78, 5) is 0. The zero-order chi connectivity index (χ0) is 14.4. The predicted molar refractivity (Wildman–Crippen MR) is 85.5 cm³/mol. The molecule has 0 amide bonds. The van der Waals surface area contributed by atoms with Gasteiger partial charge in [0.15, 0.2) is 5.75 Å². The van der Waals surface area contributed by atoms with Crippen molar-refractivity contribution in [3.05, 3.63) is 54.6 Å². The van der Waals surface area contributed by atoms with Crippen molar-refractivity contribution in [3.63, 3.8) is 0 Å². The third-order valence-corrected chi connectivity index (χ3v) is 3.05. The van der Waals surface area contributed by atoms with Gasteiger partial charge in [-0.05, 0) is 36.1 Å². The highest BCUT2D eigenvalue weighted by Crippen LogP contribution is 2.29. The molecule has 0 atom stereocenters. The van der Waals surface area contributed by atoms with Crippen molar-refractivity contribution in [1.82, 2.24) is 0 Å². The Labute approximate surface area is 121 Å². The molecule has 0 radical (unpaired) electrons. The second kappa shape index (κ2) is 6.47. The van der Waals surface area contributed by atoms with Crippen molar-refractivity contribution < 1.29 is 4.74 Å². The zero-order valence-corrected chi connectivity index (χ0v) is 12.5. The highest BCUT2D eigenvalue weighted by molar-refractivity contribution is 5.57. The Morgan fingerprint density at radius 1 is 0.900 bits per heavy atom. The van der Waals surface area contributed by atoms with Gasteiger partial charge in [-0.15, -0.1) is 0 Å². The minimum absolute atomic E-state index is 0.336. The fraction of sp³-hybridized carbons (Fsp3) is 0.333. The first kappa shape index (κ1) is 14.4. The number of benzene rings is 2. The molecule has 0 aromatic heterocycles. The Bertz CT molecular complexity index is 529. The quantitative estimate of drug-likeness (QED) is 0.792. The third kappa shape index (κ3) is 4.61. The first-order valence-corrected chi connectivity index (χ1v) is 7.10. The molecule has 0 spiro atoms. The first-order valence-electron chi connectivity index (χ1n) is 7.10. The van der Waals surface area contributed by atoms with Crippen LogP contribution in [0.15, 0.2) is 54.6 Å². The van der Waals surface area contributed by atoms with E-state index in [0.29, 0.717) is 5.41 Å². The Morgan fingerprint density at radius 3 is 2.25 bits per heavy atom. The highest BCUT2D eigenvalue weighted by Gasteiger charge is 2.10. The van der Waals surface area contributed by atoms with Gasteiger partial charge in [0.05, 0.1) is 5.69 Å². The molecule has 0 saturated carbocycles. The van der Waals surface area contributed by atoms with E-state index in [0.717, 1.165) is 30.2 Å². The SMILES string of the molecule is CC(C)(C)CCNc1ccccc1Oc1ccccc1. The summed E-state index contributed by atoms with van der Waals surface area (Å²) in [7, 11) is 0. The van der Waals surface area contributed by atoms with Gasteiger partial charge >= 0.3 is 0 Å². The lowest BCUT2D eigenvalue weighted by Crippen LogP contribution is -2.13. The molecule has 2 aromatic rings. The number of hydrogen-bond acceptors (Lipinski definition) is 2. The van der Waals surface area contributed by atoms with Gasteiger partial charge in [-0.25, -0.2) is 0 Å². The van der Waals surface area contributed by atoms with Crippen LogP contribution in [-0.4, -0.2) is 6.54 Å². The van der Waals surface area contributed by atoms with E-state index in [1.54, 1.807) is 0 Å². The standard InChI is InChI=1S/C18H23NO/c1-18(2,3)13-14-19-16-11-7-8-12-17(16)20-15-9-5-4-6-10-15/h4-12,19H,13-14H2,1-3H3. The number of para-hydroxylation sites is 3. The molecule has 0 aliphatic heterocycles. The summed E-state index contributed by atoms with van der Waals surface area (Å²) in [5.74, 6) is 1.73. The van der Waals surface area contributed by atoms with Gasteiger partial charge < -0.3 is 10.1 Å². The maximum atomic E-state index is 5.93. The van der Waals surface area contributed by atoms with Gasteiger partial charge in [0.25, 0.3) is 0 Å². The topological polar surface area (TPSA) is 21.3 Å². The Morgan fingerprint density at radius 2 is 1.55 bits per heavy atom. The number of nitrogens with one attached hydrogen (secondary N) is 1. The lowest BCUT2D eigenvalue weighted by atomic mass is 9.92. The summed E-state index contributed by atoms with van der Waals surface area (Å²) in [6, 6.07) is 17.9. The Balaban J connectivity index is 2.03. The smallest absolute Gasteiger partial charge is 0.150 e. The normalized spacial score (nSPS) is 11.2. The first-order chi connectivity index (χ1) is 9.54. The van der Waals surface area contributed by atoms with Crippen LogP contribution in [0.5, 0.6) is 11.5 Å². The fourth-order valence-corrected chi connectivity index (χ4v) is 1.89. The van der Waals surface area contributed by atoms with E-state index in [1.807, 2.05) is 48.5 Å². The molecule has 0 unspecified atom stereocenters. The molecule has 2 aromatic carbocycles. The van der Waals surface area contributed by atoms with Gasteiger partial charge in [0, 0.05) is 6.54 Å². The minimum Gasteiger partial charge on any atom is -0.455 e. The molecule has 2 heteroatoms. The summed E-state index contributed by atoms with van der Waals surface area (Å²) < 4.78 is 5.93. The van der Waals surface area contributed by atoms with Crippen LogP contribution in [0.3, 0.4) is 0 Å². The monoisotopic (exact) mass is 269 g/mol. The summed E-state index contributed by atoms with van der Waals surface area (Å²) in [6.07, 6.45) is 1.12. The lowest BCUT2D eigenvalue weighted by Gasteiger charge is -2.19. The number of rotatable bonds is 5.